The van der Waals surface area contributed by atoms with E-state index in [1.807, 2.05) is 24.3 Å². The van der Waals surface area contributed by atoms with Crippen molar-refractivity contribution in [2.24, 2.45) is 5.92 Å². The maximum atomic E-state index is 12.7. The SMILES string of the molecule is CC1CCCN(C[C@H](O)CNS(=O)(=O)c2cccc3ccccc23)C1. The van der Waals surface area contributed by atoms with Crippen molar-refractivity contribution in [2.45, 2.75) is 30.8 Å². The number of sulfonamides is 1. The third-order valence-electron chi connectivity index (χ3n) is 4.76. The Kier molecular flexibility index (Phi) is 5.74. The van der Waals surface area contributed by atoms with Gasteiger partial charge in [-0.05, 0) is 36.8 Å². The number of fused-ring (bicyclic) bond motifs is 1. The van der Waals surface area contributed by atoms with Crippen LogP contribution in [0.2, 0.25) is 0 Å². The van der Waals surface area contributed by atoms with E-state index in [1.165, 1.54) is 6.42 Å². The molecule has 1 heterocycles. The number of hydrogen-bond donors (Lipinski definition) is 2. The van der Waals surface area contributed by atoms with Crippen LogP contribution >= 0.6 is 0 Å². The first-order valence-electron chi connectivity index (χ1n) is 8.83. The van der Waals surface area contributed by atoms with Gasteiger partial charge in [0.2, 0.25) is 10.0 Å². The summed E-state index contributed by atoms with van der Waals surface area (Å²) < 4.78 is 27.9. The van der Waals surface area contributed by atoms with E-state index >= 15 is 0 Å². The molecule has 6 heteroatoms. The Hall–Kier alpha value is -1.47. The number of aliphatic hydroxyl groups is 1. The highest BCUT2D eigenvalue weighted by atomic mass is 32.2. The van der Waals surface area contributed by atoms with Gasteiger partial charge in [0.15, 0.2) is 0 Å². The third-order valence-corrected chi connectivity index (χ3v) is 6.24. The molecule has 5 nitrogen and oxygen atoms in total. The number of likely N-dealkylation sites (tertiary alicyclic amines) is 1. The van der Waals surface area contributed by atoms with Crippen LogP contribution in [0.1, 0.15) is 19.8 Å². The highest BCUT2D eigenvalue weighted by Gasteiger charge is 2.21. The summed E-state index contributed by atoms with van der Waals surface area (Å²) in [5.74, 6) is 0.633. The first-order valence-corrected chi connectivity index (χ1v) is 10.3. The van der Waals surface area contributed by atoms with Crippen LogP contribution in [-0.4, -0.2) is 50.7 Å². The maximum absolute atomic E-state index is 12.7. The molecule has 1 aliphatic heterocycles. The van der Waals surface area contributed by atoms with Gasteiger partial charge in [0, 0.05) is 25.0 Å². The van der Waals surface area contributed by atoms with Crippen molar-refractivity contribution in [1.82, 2.24) is 9.62 Å². The minimum absolute atomic E-state index is 0.0242. The quantitative estimate of drug-likeness (QED) is 0.827. The van der Waals surface area contributed by atoms with Crippen LogP contribution in [0.4, 0.5) is 0 Å². The molecule has 0 saturated carbocycles. The topological polar surface area (TPSA) is 69.6 Å². The fourth-order valence-corrected chi connectivity index (χ4v) is 4.83. The molecule has 0 radical (unpaired) electrons. The molecule has 2 aromatic carbocycles. The molecule has 1 fully saturated rings. The molecule has 0 amide bonds. The van der Waals surface area contributed by atoms with E-state index in [9.17, 15) is 13.5 Å². The van der Waals surface area contributed by atoms with E-state index in [1.54, 1.807) is 18.2 Å². The molecule has 1 unspecified atom stereocenters. The van der Waals surface area contributed by atoms with Crippen LogP contribution in [0.25, 0.3) is 10.8 Å². The fourth-order valence-electron chi connectivity index (χ4n) is 3.53. The largest absolute Gasteiger partial charge is 0.390 e. The van der Waals surface area contributed by atoms with Crippen molar-refractivity contribution in [2.75, 3.05) is 26.2 Å². The molecule has 0 aliphatic carbocycles. The lowest BCUT2D eigenvalue weighted by atomic mass is 10.00. The molecule has 2 N–H and O–H groups in total. The first kappa shape index (κ1) is 18.3. The van der Waals surface area contributed by atoms with Crippen LogP contribution in [0.3, 0.4) is 0 Å². The van der Waals surface area contributed by atoms with Gasteiger partial charge in [-0.2, -0.15) is 0 Å². The number of hydrogen-bond acceptors (Lipinski definition) is 4. The van der Waals surface area contributed by atoms with Gasteiger partial charge >= 0.3 is 0 Å². The summed E-state index contributed by atoms with van der Waals surface area (Å²) in [4.78, 5) is 2.47. The summed E-state index contributed by atoms with van der Waals surface area (Å²) in [6.07, 6.45) is 1.64. The number of β-amino-alcohol motifs (C(OH)–C–C–N with tert-alkyl or cyclic N) is 1. The Bertz CT molecular complexity index is 817. The van der Waals surface area contributed by atoms with Crippen molar-refractivity contribution in [3.05, 3.63) is 42.5 Å². The Morgan fingerprint density at radius 3 is 2.80 bits per heavy atom. The van der Waals surface area contributed by atoms with Gasteiger partial charge in [-0.25, -0.2) is 13.1 Å². The summed E-state index contributed by atoms with van der Waals surface area (Å²) in [5, 5.41) is 11.8. The normalized spacial score (nSPS) is 20.6. The zero-order chi connectivity index (χ0) is 17.9. The highest BCUT2D eigenvalue weighted by molar-refractivity contribution is 7.89. The zero-order valence-corrected chi connectivity index (χ0v) is 15.4. The minimum Gasteiger partial charge on any atom is -0.390 e. The van der Waals surface area contributed by atoms with Gasteiger partial charge in [-0.3, -0.25) is 0 Å². The van der Waals surface area contributed by atoms with Gasteiger partial charge < -0.3 is 10.0 Å². The first-order chi connectivity index (χ1) is 12.0. The van der Waals surface area contributed by atoms with Crippen LogP contribution in [0.5, 0.6) is 0 Å². The standard InChI is InChI=1S/C19H26N2O3S/c1-15-6-5-11-21(13-15)14-17(22)12-20-25(23,24)19-10-4-8-16-7-2-3-9-18(16)19/h2-4,7-10,15,17,20,22H,5-6,11-14H2,1H3/t15?,17-/m1/s1. The van der Waals surface area contributed by atoms with Crippen LogP contribution < -0.4 is 4.72 Å². The molecule has 0 aromatic heterocycles. The Morgan fingerprint density at radius 2 is 2.00 bits per heavy atom. The number of benzene rings is 2. The van der Waals surface area contributed by atoms with Gasteiger partial charge in [0.05, 0.1) is 11.0 Å². The second kappa shape index (κ2) is 7.83. The monoisotopic (exact) mass is 362 g/mol. The van der Waals surface area contributed by atoms with E-state index in [-0.39, 0.29) is 11.4 Å². The third kappa shape index (κ3) is 4.58. The van der Waals surface area contributed by atoms with E-state index in [4.69, 9.17) is 0 Å². The van der Waals surface area contributed by atoms with Gasteiger partial charge in [0.25, 0.3) is 0 Å². The summed E-state index contributed by atoms with van der Waals surface area (Å²) >= 11 is 0. The maximum Gasteiger partial charge on any atom is 0.241 e. The summed E-state index contributed by atoms with van der Waals surface area (Å²) in [7, 11) is -3.66. The van der Waals surface area contributed by atoms with Gasteiger partial charge in [-0.1, -0.05) is 43.3 Å². The number of piperidine rings is 1. The molecule has 2 aromatic rings. The Balaban J connectivity index is 1.65. The molecule has 136 valence electrons. The minimum atomic E-state index is -3.66. The van der Waals surface area contributed by atoms with Crippen molar-refractivity contribution in [3.8, 4) is 0 Å². The fraction of sp³-hybridized carbons (Fsp3) is 0.474. The number of nitrogens with one attached hydrogen (secondary N) is 1. The summed E-state index contributed by atoms with van der Waals surface area (Å²) in [6, 6.07) is 12.6. The average molecular weight is 362 g/mol. The lowest BCUT2D eigenvalue weighted by Crippen LogP contribution is -2.43. The van der Waals surface area contributed by atoms with Crippen molar-refractivity contribution in [3.63, 3.8) is 0 Å². The molecule has 3 rings (SSSR count). The lowest BCUT2D eigenvalue weighted by Gasteiger charge is -2.32. The van der Waals surface area contributed by atoms with Crippen molar-refractivity contribution >= 4 is 20.8 Å². The molecule has 2 atom stereocenters. The molecule has 25 heavy (non-hydrogen) atoms. The smallest absolute Gasteiger partial charge is 0.241 e. The second-order valence-electron chi connectivity index (χ2n) is 6.99. The molecule has 1 aliphatic rings. The van der Waals surface area contributed by atoms with Crippen LogP contribution in [0.15, 0.2) is 47.4 Å². The molecule has 0 bridgehead atoms. The zero-order valence-electron chi connectivity index (χ0n) is 14.6. The summed E-state index contributed by atoms with van der Waals surface area (Å²) in [6.45, 7) is 4.67. The van der Waals surface area contributed by atoms with E-state index in [2.05, 4.69) is 16.5 Å². The highest BCUT2D eigenvalue weighted by Crippen LogP contribution is 2.22. The predicted molar refractivity (Wildman–Crippen MR) is 100.0 cm³/mol. The predicted octanol–water partition coefficient (Wildman–Crippen LogP) is 2.21. The molecule has 0 spiro atoms. The number of nitrogens with zero attached hydrogens (tertiary/aromatic N) is 1. The van der Waals surface area contributed by atoms with Crippen molar-refractivity contribution < 1.29 is 13.5 Å². The molecule has 1 saturated heterocycles. The van der Waals surface area contributed by atoms with Gasteiger partial charge in [-0.15, -0.1) is 0 Å². The Morgan fingerprint density at radius 1 is 1.24 bits per heavy atom. The molecular formula is C19H26N2O3S. The van der Waals surface area contributed by atoms with Gasteiger partial charge in [0.1, 0.15) is 0 Å². The Labute approximate surface area is 149 Å². The van der Waals surface area contributed by atoms with Crippen molar-refractivity contribution in [1.29, 1.82) is 0 Å². The second-order valence-corrected chi connectivity index (χ2v) is 8.73. The van der Waals surface area contributed by atoms with Crippen LogP contribution in [-0.2, 0) is 10.0 Å². The van der Waals surface area contributed by atoms with E-state index in [0.717, 1.165) is 24.9 Å². The number of rotatable bonds is 6. The molecular weight excluding hydrogens is 336 g/mol. The lowest BCUT2D eigenvalue weighted by molar-refractivity contribution is 0.0902. The van der Waals surface area contributed by atoms with E-state index in [0.29, 0.717) is 17.8 Å². The average Bonchev–Trinajstić information content (AvgIpc) is 2.59. The van der Waals surface area contributed by atoms with Crippen LogP contribution in [0, 0.1) is 5.92 Å². The number of aliphatic hydroxyl groups excluding tert-OH is 1. The van der Waals surface area contributed by atoms with E-state index < -0.39 is 16.1 Å². The summed E-state index contributed by atoms with van der Waals surface area (Å²) in [5.41, 5.74) is 0.